The molecule has 0 spiro atoms. The van der Waals surface area contributed by atoms with Crippen LogP contribution in [0.3, 0.4) is 0 Å². The van der Waals surface area contributed by atoms with Crippen LogP contribution < -0.4 is 11.1 Å². The number of nitrogens with zero attached hydrogens (tertiary/aromatic N) is 5. The zero-order valence-electron chi connectivity index (χ0n) is 17.6. The number of halogens is 3. The van der Waals surface area contributed by atoms with Gasteiger partial charge in [-0.1, -0.05) is 12.1 Å². The van der Waals surface area contributed by atoms with E-state index in [1.54, 1.807) is 18.5 Å². The molecule has 5 rings (SSSR count). The van der Waals surface area contributed by atoms with Crippen LogP contribution in [-0.2, 0) is 0 Å². The van der Waals surface area contributed by atoms with Crippen LogP contribution in [0.15, 0.2) is 55.1 Å². The Balaban J connectivity index is 0.00000128. The third-order valence-electron chi connectivity index (χ3n) is 5.70. The van der Waals surface area contributed by atoms with Gasteiger partial charge in [0.15, 0.2) is 0 Å². The summed E-state index contributed by atoms with van der Waals surface area (Å²) in [5, 5.41) is 19.1. The first-order valence-electron chi connectivity index (χ1n) is 10.0. The highest BCUT2D eigenvalue weighted by Gasteiger charge is 2.17. The lowest BCUT2D eigenvalue weighted by Gasteiger charge is -2.22. The van der Waals surface area contributed by atoms with E-state index in [0.717, 1.165) is 59.1 Å². The lowest BCUT2D eigenvalue weighted by molar-refractivity contribution is 0.343. The number of nitrogen functional groups attached to an aromatic ring is 1. The van der Waals surface area contributed by atoms with E-state index in [1.165, 1.54) is 0 Å². The van der Waals surface area contributed by atoms with Gasteiger partial charge in [0.1, 0.15) is 5.82 Å². The largest absolute Gasteiger partial charge is 0.383 e. The van der Waals surface area contributed by atoms with Crippen molar-refractivity contribution in [2.24, 2.45) is 0 Å². The molecule has 4 aromatic rings. The molecule has 1 aliphatic rings. The molecule has 0 amide bonds. The van der Waals surface area contributed by atoms with Crippen molar-refractivity contribution in [2.45, 2.75) is 18.9 Å². The highest BCUT2D eigenvalue weighted by Crippen LogP contribution is 2.31. The van der Waals surface area contributed by atoms with Crippen molar-refractivity contribution in [3.63, 3.8) is 0 Å². The smallest absolute Gasteiger partial charge is 0.132 e. The molecule has 0 atom stereocenters. The Morgan fingerprint density at radius 2 is 1.79 bits per heavy atom. The van der Waals surface area contributed by atoms with Crippen LogP contribution in [0.4, 0.5) is 5.82 Å². The molecule has 7 nitrogen and oxygen atoms in total. The molecule has 3 N–H and O–H groups in total. The molecule has 1 aromatic carbocycles. The summed E-state index contributed by atoms with van der Waals surface area (Å²) in [6.45, 7) is 2.04. The standard InChI is InChI=1S/C23H21N7.3ClH/c24-10-16-3-1-2-15-9-22(27-13-21(15)16)20-8-17(11-28-23(20)25)18-12-29-30(14-18)19-4-6-26-7-5-19;;;/h1-3,8-9,11-14,19,26H,4-7H2,(H2,25,28);3*1H. The second-order valence-corrected chi connectivity index (χ2v) is 7.56. The molecule has 1 fully saturated rings. The number of rotatable bonds is 3. The Hall–Kier alpha value is -2.89. The SMILES string of the molecule is Cl.Cl.Cl.N#Cc1cccc2cc(-c3cc(-c4cnn(C5CCNCC5)c4)cnc3N)ncc12. The summed E-state index contributed by atoms with van der Waals surface area (Å²) >= 11 is 0. The molecule has 0 saturated carbocycles. The number of nitrogens with one attached hydrogen (secondary N) is 1. The van der Waals surface area contributed by atoms with Crippen LogP contribution in [0.25, 0.3) is 33.2 Å². The predicted molar refractivity (Wildman–Crippen MR) is 138 cm³/mol. The van der Waals surface area contributed by atoms with E-state index in [0.29, 0.717) is 17.4 Å². The van der Waals surface area contributed by atoms with Gasteiger partial charge in [0.05, 0.1) is 29.6 Å². The van der Waals surface area contributed by atoms with Gasteiger partial charge in [-0.15, -0.1) is 37.2 Å². The molecule has 10 heteroatoms. The fraction of sp³-hybridized carbons (Fsp3) is 0.217. The molecule has 1 aliphatic heterocycles. The van der Waals surface area contributed by atoms with Crippen molar-refractivity contribution in [3.8, 4) is 28.5 Å². The van der Waals surface area contributed by atoms with Crippen molar-refractivity contribution < 1.29 is 0 Å². The van der Waals surface area contributed by atoms with Gasteiger partial charge in [-0.2, -0.15) is 10.4 Å². The van der Waals surface area contributed by atoms with Crippen LogP contribution in [0.2, 0.25) is 0 Å². The Labute approximate surface area is 210 Å². The molecule has 4 heterocycles. The minimum absolute atomic E-state index is 0. The van der Waals surface area contributed by atoms with Gasteiger partial charge in [-0.3, -0.25) is 9.67 Å². The fourth-order valence-corrected chi connectivity index (χ4v) is 4.01. The van der Waals surface area contributed by atoms with Crippen LogP contribution in [0, 0.1) is 11.3 Å². The average Bonchev–Trinajstić information content (AvgIpc) is 3.29. The third-order valence-corrected chi connectivity index (χ3v) is 5.70. The molecule has 1 saturated heterocycles. The molecule has 3 aromatic heterocycles. The Morgan fingerprint density at radius 3 is 2.55 bits per heavy atom. The van der Waals surface area contributed by atoms with Crippen molar-refractivity contribution in [3.05, 3.63) is 60.7 Å². The fourth-order valence-electron chi connectivity index (χ4n) is 4.01. The third kappa shape index (κ3) is 5.21. The summed E-state index contributed by atoms with van der Waals surface area (Å²) < 4.78 is 2.06. The normalized spacial score (nSPS) is 13.3. The van der Waals surface area contributed by atoms with Crippen molar-refractivity contribution in [1.82, 2.24) is 25.1 Å². The molecule has 0 unspecified atom stereocenters. The van der Waals surface area contributed by atoms with Crippen LogP contribution >= 0.6 is 37.2 Å². The number of hydrogen-bond donors (Lipinski definition) is 2. The van der Waals surface area contributed by atoms with E-state index < -0.39 is 0 Å². The summed E-state index contributed by atoms with van der Waals surface area (Å²) in [4.78, 5) is 8.97. The Morgan fingerprint density at radius 1 is 1.00 bits per heavy atom. The predicted octanol–water partition coefficient (Wildman–Crippen LogP) is 4.80. The number of piperidine rings is 1. The lowest BCUT2D eigenvalue weighted by atomic mass is 10.0. The maximum absolute atomic E-state index is 9.31. The summed E-state index contributed by atoms with van der Waals surface area (Å²) in [6.07, 6.45) is 9.63. The first-order valence-corrected chi connectivity index (χ1v) is 10.0. The van der Waals surface area contributed by atoms with E-state index in [2.05, 4.69) is 37.3 Å². The van der Waals surface area contributed by atoms with Gasteiger partial charge in [-0.25, -0.2) is 4.98 Å². The summed E-state index contributed by atoms with van der Waals surface area (Å²) in [5.41, 5.74) is 10.3. The van der Waals surface area contributed by atoms with Crippen molar-refractivity contribution in [1.29, 1.82) is 5.26 Å². The lowest BCUT2D eigenvalue weighted by Crippen LogP contribution is -2.29. The quantitative estimate of drug-likeness (QED) is 0.415. The number of fused-ring (bicyclic) bond motifs is 1. The zero-order valence-corrected chi connectivity index (χ0v) is 20.1. The highest BCUT2D eigenvalue weighted by molar-refractivity contribution is 5.91. The molecule has 33 heavy (non-hydrogen) atoms. The highest BCUT2D eigenvalue weighted by atomic mass is 35.5. The monoisotopic (exact) mass is 503 g/mol. The van der Waals surface area contributed by atoms with E-state index in [1.807, 2.05) is 30.5 Å². The minimum atomic E-state index is 0. The van der Waals surface area contributed by atoms with Crippen molar-refractivity contribution in [2.75, 3.05) is 18.8 Å². The number of aromatic nitrogens is 4. The maximum atomic E-state index is 9.31. The number of anilines is 1. The Bertz CT molecular complexity index is 1280. The second-order valence-electron chi connectivity index (χ2n) is 7.56. The van der Waals surface area contributed by atoms with Gasteiger partial charge >= 0.3 is 0 Å². The number of nitrogens with two attached hydrogens (primary N) is 1. The minimum Gasteiger partial charge on any atom is -0.383 e. The molecule has 0 aliphatic carbocycles. The summed E-state index contributed by atoms with van der Waals surface area (Å²) in [5.74, 6) is 0.424. The van der Waals surface area contributed by atoms with Crippen LogP contribution in [0.1, 0.15) is 24.4 Å². The second kappa shape index (κ2) is 11.3. The van der Waals surface area contributed by atoms with Gasteiger partial charge in [-0.05, 0) is 49.5 Å². The van der Waals surface area contributed by atoms with Crippen LogP contribution in [0.5, 0.6) is 0 Å². The first kappa shape index (κ1) is 26.4. The molecular weight excluding hydrogens is 481 g/mol. The summed E-state index contributed by atoms with van der Waals surface area (Å²) in [6, 6.07) is 12.2. The maximum Gasteiger partial charge on any atom is 0.132 e. The molecular formula is C23H24Cl3N7. The van der Waals surface area contributed by atoms with Gasteiger partial charge < -0.3 is 11.1 Å². The van der Waals surface area contributed by atoms with Crippen LogP contribution in [-0.4, -0.2) is 32.8 Å². The number of hydrogen-bond acceptors (Lipinski definition) is 6. The van der Waals surface area contributed by atoms with Crippen molar-refractivity contribution >= 4 is 53.8 Å². The molecule has 0 bridgehead atoms. The number of benzene rings is 1. The summed E-state index contributed by atoms with van der Waals surface area (Å²) in [7, 11) is 0. The average molecular weight is 505 g/mol. The van der Waals surface area contributed by atoms with Gasteiger partial charge in [0.2, 0.25) is 0 Å². The van der Waals surface area contributed by atoms with E-state index >= 15 is 0 Å². The zero-order chi connectivity index (χ0) is 20.5. The Kier molecular flexibility index (Phi) is 9.03. The van der Waals surface area contributed by atoms with Gasteiger partial charge in [0, 0.05) is 40.7 Å². The number of nitriles is 1. The van der Waals surface area contributed by atoms with E-state index in [4.69, 9.17) is 5.73 Å². The number of pyridine rings is 2. The van der Waals surface area contributed by atoms with E-state index in [9.17, 15) is 5.26 Å². The molecule has 0 radical (unpaired) electrons. The first-order chi connectivity index (χ1) is 14.7. The molecule has 172 valence electrons. The topological polar surface area (TPSA) is 105 Å². The van der Waals surface area contributed by atoms with E-state index in [-0.39, 0.29) is 37.2 Å². The van der Waals surface area contributed by atoms with Gasteiger partial charge in [0.25, 0.3) is 0 Å².